The van der Waals surface area contributed by atoms with Crippen molar-refractivity contribution in [1.29, 1.82) is 0 Å². The van der Waals surface area contributed by atoms with Crippen LogP contribution in [0.15, 0.2) is 35.0 Å². The molecule has 26 heavy (non-hydrogen) atoms. The number of benzene rings is 1. The first-order chi connectivity index (χ1) is 12.8. The Kier molecular flexibility index (Phi) is 4.02. The minimum absolute atomic E-state index is 0.0662. The molecule has 2 aliphatic heterocycles. The van der Waals surface area contributed by atoms with Crippen LogP contribution in [0.5, 0.6) is 0 Å². The molecule has 134 valence electrons. The Morgan fingerprint density at radius 1 is 1.23 bits per heavy atom. The van der Waals surface area contributed by atoms with Crippen molar-refractivity contribution in [3.63, 3.8) is 0 Å². The highest BCUT2D eigenvalue weighted by Gasteiger charge is 2.33. The molecule has 6 heteroatoms. The Hall–Kier alpha value is -2.18. The van der Waals surface area contributed by atoms with Gasteiger partial charge in [-0.15, -0.1) is 0 Å². The Bertz CT molecular complexity index is 933. The van der Waals surface area contributed by atoms with E-state index in [4.69, 9.17) is 0 Å². The molecule has 5 rings (SSSR count). The van der Waals surface area contributed by atoms with E-state index in [0.29, 0.717) is 5.69 Å². The largest absolute Gasteiger partial charge is 0.347 e. The lowest BCUT2D eigenvalue weighted by Crippen LogP contribution is -2.52. The number of H-pyrrole nitrogens is 1. The molecule has 2 fully saturated rings. The summed E-state index contributed by atoms with van der Waals surface area (Å²) in [6.45, 7) is 2.15. The fraction of sp³-hybridized carbons (Fsp3) is 0.400. The number of aromatic amines is 1. The van der Waals surface area contributed by atoms with Gasteiger partial charge in [0.25, 0.3) is 5.91 Å². The van der Waals surface area contributed by atoms with Gasteiger partial charge < -0.3 is 5.32 Å². The van der Waals surface area contributed by atoms with Gasteiger partial charge in [-0.05, 0) is 72.3 Å². The van der Waals surface area contributed by atoms with E-state index >= 15 is 0 Å². The number of nitrogens with one attached hydrogen (secondary N) is 2. The molecule has 2 atom stereocenters. The molecule has 2 saturated heterocycles. The molecule has 0 spiro atoms. The molecule has 0 aliphatic carbocycles. The predicted molar refractivity (Wildman–Crippen MR) is 104 cm³/mol. The molecule has 1 aromatic carbocycles. The minimum Gasteiger partial charge on any atom is -0.347 e. The summed E-state index contributed by atoms with van der Waals surface area (Å²) in [5.41, 5.74) is 3.74. The van der Waals surface area contributed by atoms with Crippen LogP contribution in [0.2, 0.25) is 0 Å². The molecular weight excluding hydrogens is 344 g/mol. The van der Waals surface area contributed by atoms with Crippen molar-refractivity contribution in [3.8, 4) is 11.1 Å². The maximum absolute atomic E-state index is 12.8. The van der Waals surface area contributed by atoms with Crippen molar-refractivity contribution in [1.82, 2.24) is 20.4 Å². The van der Waals surface area contributed by atoms with E-state index in [2.05, 4.69) is 49.4 Å². The molecule has 2 aliphatic rings. The van der Waals surface area contributed by atoms with Gasteiger partial charge in [0.15, 0.2) is 5.69 Å². The van der Waals surface area contributed by atoms with Crippen LogP contribution < -0.4 is 5.32 Å². The van der Waals surface area contributed by atoms with E-state index in [1.807, 2.05) is 6.07 Å². The van der Waals surface area contributed by atoms with E-state index in [9.17, 15) is 4.79 Å². The van der Waals surface area contributed by atoms with Gasteiger partial charge in [-0.25, -0.2) is 0 Å². The first-order valence-electron chi connectivity index (χ1n) is 9.33. The number of thiophene rings is 1. The summed E-state index contributed by atoms with van der Waals surface area (Å²) in [4.78, 5) is 15.3. The summed E-state index contributed by atoms with van der Waals surface area (Å²) >= 11 is 1.68. The summed E-state index contributed by atoms with van der Waals surface area (Å²) in [6, 6.07) is 9.21. The van der Waals surface area contributed by atoms with Crippen molar-refractivity contribution in [2.45, 2.75) is 37.8 Å². The number of fused-ring (bicyclic) bond motifs is 2. The molecule has 1 unspecified atom stereocenters. The molecule has 2 aromatic heterocycles. The fourth-order valence-corrected chi connectivity index (χ4v) is 4.87. The average Bonchev–Trinajstić information content (AvgIpc) is 3.28. The molecule has 5 nitrogen and oxygen atoms in total. The van der Waals surface area contributed by atoms with E-state index in [1.165, 1.54) is 31.4 Å². The summed E-state index contributed by atoms with van der Waals surface area (Å²) in [7, 11) is 0. The number of nitrogens with zero attached hydrogens (tertiary/aromatic N) is 2. The summed E-state index contributed by atoms with van der Waals surface area (Å²) in [6.07, 6.45) is 4.83. The topological polar surface area (TPSA) is 61.0 Å². The van der Waals surface area contributed by atoms with Crippen LogP contribution in [0, 0.1) is 0 Å². The van der Waals surface area contributed by atoms with Gasteiger partial charge in [-0.2, -0.15) is 16.4 Å². The van der Waals surface area contributed by atoms with Gasteiger partial charge in [0.2, 0.25) is 0 Å². The predicted octanol–water partition coefficient (Wildman–Crippen LogP) is 3.65. The maximum Gasteiger partial charge on any atom is 0.272 e. The number of carbonyl (C=O) groups is 1. The van der Waals surface area contributed by atoms with Crippen LogP contribution in [0.1, 0.15) is 36.2 Å². The van der Waals surface area contributed by atoms with Gasteiger partial charge in [0, 0.05) is 24.0 Å². The van der Waals surface area contributed by atoms with E-state index < -0.39 is 0 Å². The number of carbonyl (C=O) groups excluding carboxylic acids is 1. The molecule has 3 aromatic rings. The summed E-state index contributed by atoms with van der Waals surface area (Å²) < 4.78 is 0. The maximum atomic E-state index is 12.8. The summed E-state index contributed by atoms with van der Waals surface area (Å²) in [5.74, 6) is -0.0662. The third-order valence-electron chi connectivity index (χ3n) is 5.78. The molecule has 1 amide bonds. The number of rotatable bonds is 3. The van der Waals surface area contributed by atoms with Crippen molar-refractivity contribution in [2.75, 3.05) is 13.1 Å². The zero-order chi connectivity index (χ0) is 17.5. The molecule has 0 radical (unpaired) electrons. The first-order valence-corrected chi connectivity index (χ1v) is 10.3. The third kappa shape index (κ3) is 2.83. The second-order valence-electron chi connectivity index (χ2n) is 7.38. The second-order valence-corrected chi connectivity index (χ2v) is 8.16. The van der Waals surface area contributed by atoms with Crippen molar-refractivity contribution >= 4 is 28.1 Å². The van der Waals surface area contributed by atoms with E-state index in [1.54, 1.807) is 11.3 Å². The molecular formula is C20H22N4OS. The normalized spacial score (nSPS) is 23.2. The van der Waals surface area contributed by atoms with Gasteiger partial charge in [-0.3, -0.25) is 14.8 Å². The lowest BCUT2D eigenvalue weighted by molar-refractivity contribution is 0.0787. The van der Waals surface area contributed by atoms with E-state index in [0.717, 1.165) is 35.5 Å². The lowest BCUT2D eigenvalue weighted by Gasteiger charge is -2.40. The Morgan fingerprint density at radius 3 is 3.00 bits per heavy atom. The highest BCUT2D eigenvalue weighted by molar-refractivity contribution is 7.08. The smallest absolute Gasteiger partial charge is 0.272 e. The molecule has 4 heterocycles. The zero-order valence-corrected chi connectivity index (χ0v) is 15.4. The van der Waals surface area contributed by atoms with Crippen LogP contribution in [-0.2, 0) is 0 Å². The lowest BCUT2D eigenvalue weighted by atomic mass is 10.00. The standard InChI is InChI=1S/C20H22N4OS/c25-20(21-15-2-1-3-16-6-8-24(16)11-15)19-17-5-4-13(10-18(17)22-23-19)14-7-9-26-12-14/h4-5,7,9-10,12,15-16H,1-3,6,8,11H2,(H,21,25)(H,22,23)/t15-,16?/m1/s1. The highest BCUT2D eigenvalue weighted by Crippen LogP contribution is 2.28. The Balaban J connectivity index is 1.35. The van der Waals surface area contributed by atoms with Gasteiger partial charge >= 0.3 is 0 Å². The highest BCUT2D eigenvalue weighted by atomic mass is 32.1. The number of hydrogen-bond acceptors (Lipinski definition) is 4. The van der Waals surface area contributed by atoms with Crippen LogP contribution in [0.4, 0.5) is 0 Å². The minimum atomic E-state index is -0.0662. The van der Waals surface area contributed by atoms with Crippen molar-refractivity contribution in [2.24, 2.45) is 0 Å². The number of amides is 1. The second kappa shape index (κ2) is 6.52. The average molecular weight is 366 g/mol. The fourth-order valence-electron chi connectivity index (χ4n) is 4.21. The Labute approximate surface area is 156 Å². The molecule has 2 N–H and O–H groups in total. The quantitative estimate of drug-likeness (QED) is 0.744. The molecule has 0 bridgehead atoms. The van der Waals surface area contributed by atoms with Gasteiger partial charge in [-0.1, -0.05) is 6.07 Å². The molecule has 0 saturated carbocycles. The first kappa shape index (κ1) is 16.0. The SMILES string of the molecule is O=C(N[C@@H]1CCCC2CCN2C1)c1n[nH]c2cc(-c3ccsc3)ccc12. The third-order valence-corrected chi connectivity index (χ3v) is 6.46. The van der Waals surface area contributed by atoms with Crippen LogP contribution in [0.3, 0.4) is 0 Å². The van der Waals surface area contributed by atoms with Crippen molar-refractivity contribution in [3.05, 3.63) is 40.7 Å². The van der Waals surface area contributed by atoms with Gasteiger partial charge in [0.05, 0.1) is 5.52 Å². The van der Waals surface area contributed by atoms with Crippen LogP contribution in [0.25, 0.3) is 22.0 Å². The van der Waals surface area contributed by atoms with Gasteiger partial charge in [0.1, 0.15) is 0 Å². The Morgan fingerprint density at radius 2 is 2.19 bits per heavy atom. The monoisotopic (exact) mass is 366 g/mol. The van der Waals surface area contributed by atoms with E-state index in [-0.39, 0.29) is 11.9 Å². The number of aromatic nitrogens is 2. The van der Waals surface area contributed by atoms with Crippen molar-refractivity contribution < 1.29 is 4.79 Å². The number of hydrogen-bond donors (Lipinski definition) is 2. The van der Waals surface area contributed by atoms with Crippen LogP contribution in [-0.4, -0.2) is 46.2 Å². The van der Waals surface area contributed by atoms with Crippen LogP contribution >= 0.6 is 11.3 Å². The zero-order valence-electron chi connectivity index (χ0n) is 14.6. The summed E-state index contributed by atoms with van der Waals surface area (Å²) in [5, 5.41) is 15.6.